The molecule has 0 spiro atoms. The van der Waals surface area contributed by atoms with Crippen molar-refractivity contribution in [3.8, 4) is 11.5 Å². The number of ether oxygens (including phenoxy) is 2. The van der Waals surface area contributed by atoms with Gasteiger partial charge in [0.15, 0.2) is 11.5 Å². The molecule has 3 rings (SSSR count). The molecular weight excluding hydrogens is 384 g/mol. The normalized spacial score (nSPS) is 18.6. The van der Waals surface area contributed by atoms with Crippen molar-refractivity contribution in [1.82, 2.24) is 20.4 Å². The summed E-state index contributed by atoms with van der Waals surface area (Å²) in [6.45, 7) is 4.41. The van der Waals surface area contributed by atoms with Crippen molar-refractivity contribution in [3.63, 3.8) is 0 Å². The van der Waals surface area contributed by atoms with Crippen LogP contribution < -0.4 is 20.1 Å². The standard InChI is InChI=1S/C22H34N4O4/c1-29-19-9-8-17(14-20(19)30-2)15-25-10-12-26(13-11-25)16-21(27)24-22(28)23-18-6-4-3-5-7-18/h8-9,14,18H,3-7,10-13,15-16H2,1-2H3,(H2,23,24,27,28). The molecule has 2 N–H and O–H groups in total. The molecule has 1 aromatic carbocycles. The summed E-state index contributed by atoms with van der Waals surface area (Å²) >= 11 is 0. The van der Waals surface area contributed by atoms with E-state index in [-0.39, 0.29) is 24.5 Å². The Morgan fingerprint density at radius 2 is 1.63 bits per heavy atom. The Hall–Kier alpha value is -2.32. The molecule has 3 amide bonds. The summed E-state index contributed by atoms with van der Waals surface area (Å²) in [5.41, 5.74) is 1.17. The number of methoxy groups -OCH3 is 2. The zero-order valence-corrected chi connectivity index (χ0v) is 18.1. The third kappa shape index (κ3) is 6.60. The number of rotatable bonds is 7. The van der Waals surface area contributed by atoms with Crippen molar-refractivity contribution < 1.29 is 19.1 Å². The highest BCUT2D eigenvalue weighted by Gasteiger charge is 2.21. The predicted octanol–water partition coefficient (Wildman–Crippen LogP) is 1.98. The fourth-order valence-corrected chi connectivity index (χ4v) is 4.18. The van der Waals surface area contributed by atoms with Gasteiger partial charge in [-0.2, -0.15) is 0 Å². The van der Waals surface area contributed by atoms with Gasteiger partial charge in [-0.3, -0.25) is 19.9 Å². The van der Waals surface area contributed by atoms with Gasteiger partial charge in [-0.15, -0.1) is 0 Å². The van der Waals surface area contributed by atoms with Crippen LogP contribution in [0.15, 0.2) is 18.2 Å². The van der Waals surface area contributed by atoms with Crippen molar-refractivity contribution in [2.75, 3.05) is 46.9 Å². The number of nitrogens with one attached hydrogen (secondary N) is 2. The third-order valence-electron chi connectivity index (χ3n) is 5.88. The molecule has 0 bridgehead atoms. The summed E-state index contributed by atoms with van der Waals surface area (Å²) in [6, 6.07) is 5.81. The summed E-state index contributed by atoms with van der Waals surface area (Å²) in [7, 11) is 3.27. The number of amides is 3. The number of benzene rings is 1. The minimum absolute atomic E-state index is 0.201. The highest BCUT2D eigenvalue weighted by Crippen LogP contribution is 2.28. The number of carbonyl (C=O) groups excluding carboxylic acids is 2. The van der Waals surface area contributed by atoms with Crippen molar-refractivity contribution in [2.24, 2.45) is 0 Å². The number of nitrogens with zero attached hydrogens (tertiary/aromatic N) is 2. The summed E-state index contributed by atoms with van der Waals surface area (Å²) in [5.74, 6) is 1.22. The predicted molar refractivity (Wildman–Crippen MR) is 115 cm³/mol. The summed E-state index contributed by atoms with van der Waals surface area (Å²) < 4.78 is 10.7. The van der Waals surface area contributed by atoms with Crippen LogP contribution in [-0.2, 0) is 11.3 Å². The van der Waals surface area contributed by atoms with Gasteiger partial charge in [0.1, 0.15) is 0 Å². The molecule has 0 radical (unpaired) electrons. The molecule has 0 atom stereocenters. The monoisotopic (exact) mass is 418 g/mol. The van der Waals surface area contributed by atoms with Gasteiger partial charge in [-0.25, -0.2) is 4.79 Å². The van der Waals surface area contributed by atoms with Crippen LogP contribution in [0.2, 0.25) is 0 Å². The van der Waals surface area contributed by atoms with Crippen molar-refractivity contribution in [1.29, 1.82) is 0 Å². The Morgan fingerprint density at radius 1 is 0.967 bits per heavy atom. The van der Waals surface area contributed by atoms with E-state index < -0.39 is 0 Å². The Balaban J connectivity index is 1.37. The lowest BCUT2D eigenvalue weighted by Gasteiger charge is -2.34. The lowest BCUT2D eigenvalue weighted by atomic mass is 9.96. The fraction of sp³-hybridized carbons (Fsp3) is 0.636. The first-order valence-electron chi connectivity index (χ1n) is 10.8. The Bertz CT molecular complexity index is 713. The van der Waals surface area contributed by atoms with E-state index in [0.29, 0.717) is 0 Å². The first-order chi connectivity index (χ1) is 14.6. The van der Waals surface area contributed by atoms with E-state index in [0.717, 1.165) is 69.9 Å². The number of imide groups is 1. The number of piperazine rings is 1. The third-order valence-corrected chi connectivity index (χ3v) is 5.88. The van der Waals surface area contributed by atoms with E-state index >= 15 is 0 Å². The fourth-order valence-electron chi connectivity index (χ4n) is 4.18. The van der Waals surface area contributed by atoms with Crippen LogP contribution in [0.3, 0.4) is 0 Å². The molecule has 1 heterocycles. The topological polar surface area (TPSA) is 83.1 Å². The quantitative estimate of drug-likeness (QED) is 0.705. The highest BCUT2D eigenvalue weighted by molar-refractivity contribution is 5.95. The summed E-state index contributed by atoms with van der Waals surface area (Å²) in [6.07, 6.45) is 5.53. The molecule has 1 saturated heterocycles. The maximum Gasteiger partial charge on any atom is 0.321 e. The first-order valence-corrected chi connectivity index (χ1v) is 10.8. The number of urea groups is 1. The molecule has 1 aliphatic carbocycles. The van der Waals surface area contributed by atoms with Crippen LogP contribution >= 0.6 is 0 Å². The van der Waals surface area contributed by atoms with Gasteiger partial charge < -0.3 is 14.8 Å². The molecule has 8 nitrogen and oxygen atoms in total. The maximum absolute atomic E-state index is 12.2. The lowest BCUT2D eigenvalue weighted by molar-refractivity contribution is -0.121. The maximum atomic E-state index is 12.2. The molecule has 1 aromatic rings. The molecular formula is C22H34N4O4. The number of carbonyl (C=O) groups is 2. The minimum atomic E-state index is -0.362. The van der Waals surface area contributed by atoms with E-state index in [2.05, 4.69) is 20.4 Å². The number of hydrogen-bond acceptors (Lipinski definition) is 6. The van der Waals surface area contributed by atoms with Gasteiger partial charge in [0.05, 0.1) is 20.8 Å². The van der Waals surface area contributed by atoms with Crippen LogP contribution in [0.25, 0.3) is 0 Å². The van der Waals surface area contributed by atoms with Crippen LogP contribution in [-0.4, -0.2) is 74.7 Å². The molecule has 166 valence electrons. The Kier molecular flexibility index (Phi) is 8.33. The second-order valence-corrected chi connectivity index (χ2v) is 8.10. The largest absolute Gasteiger partial charge is 0.493 e. The van der Waals surface area contributed by atoms with Gasteiger partial charge in [0.2, 0.25) is 5.91 Å². The summed E-state index contributed by atoms with van der Waals surface area (Å²) in [5, 5.41) is 5.40. The zero-order chi connectivity index (χ0) is 21.3. The molecule has 30 heavy (non-hydrogen) atoms. The molecule has 1 saturated carbocycles. The Morgan fingerprint density at radius 3 is 2.30 bits per heavy atom. The second-order valence-electron chi connectivity index (χ2n) is 8.10. The molecule has 8 heteroatoms. The van der Waals surface area contributed by atoms with E-state index in [1.807, 2.05) is 18.2 Å². The van der Waals surface area contributed by atoms with Crippen LogP contribution in [0.1, 0.15) is 37.7 Å². The van der Waals surface area contributed by atoms with Gasteiger partial charge in [-0.1, -0.05) is 25.3 Å². The van der Waals surface area contributed by atoms with Crippen molar-refractivity contribution >= 4 is 11.9 Å². The minimum Gasteiger partial charge on any atom is -0.493 e. The SMILES string of the molecule is COc1ccc(CN2CCN(CC(=O)NC(=O)NC3CCCCC3)CC2)cc1OC. The van der Waals surface area contributed by atoms with Gasteiger partial charge in [0.25, 0.3) is 0 Å². The van der Waals surface area contributed by atoms with E-state index in [9.17, 15) is 9.59 Å². The van der Waals surface area contributed by atoms with Crippen LogP contribution in [0, 0.1) is 0 Å². The van der Waals surface area contributed by atoms with E-state index in [1.54, 1.807) is 14.2 Å². The van der Waals surface area contributed by atoms with Crippen molar-refractivity contribution in [2.45, 2.75) is 44.7 Å². The van der Waals surface area contributed by atoms with E-state index in [1.165, 1.54) is 12.0 Å². The second kappa shape index (κ2) is 11.2. The van der Waals surface area contributed by atoms with Gasteiger partial charge in [0, 0.05) is 38.8 Å². The van der Waals surface area contributed by atoms with Crippen LogP contribution in [0.4, 0.5) is 4.79 Å². The molecule has 0 aromatic heterocycles. The van der Waals surface area contributed by atoms with E-state index in [4.69, 9.17) is 9.47 Å². The average molecular weight is 419 g/mol. The molecule has 2 fully saturated rings. The van der Waals surface area contributed by atoms with Crippen molar-refractivity contribution in [3.05, 3.63) is 23.8 Å². The Labute approximate surface area is 178 Å². The molecule has 1 aliphatic heterocycles. The smallest absolute Gasteiger partial charge is 0.321 e. The first kappa shape index (κ1) is 22.4. The van der Waals surface area contributed by atoms with Crippen LogP contribution in [0.5, 0.6) is 11.5 Å². The zero-order valence-electron chi connectivity index (χ0n) is 18.1. The van der Waals surface area contributed by atoms with Gasteiger partial charge >= 0.3 is 6.03 Å². The summed E-state index contributed by atoms with van der Waals surface area (Å²) in [4.78, 5) is 28.7. The van der Waals surface area contributed by atoms with Gasteiger partial charge in [-0.05, 0) is 30.5 Å². The number of hydrogen-bond donors (Lipinski definition) is 2. The average Bonchev–Trinajstić information content (AvgIpc) is 2.75. The highest BCUT2D eigenvalue weighted by atomic mass is 16.5. The lowest BCUT2D eigenvalue weighted by Crippen LogP contribution is -2.51. The molecule has 2 aliphatic rings. The molecule has 0 unspecified atom stereocenters.